The SMILES string of the molecule is Nc1cccc(-c2cc3c(s2)CCOC32CCN(C(=O)C[C@@H]3CCC(=O)N3)CC2)n1. The lowest BCUT2D eigenvalue weighted by atomic mass is 9.82. The first-order chi connectivity index (χ1) is 14.5. The van der Waals surface area contributed by atoms with Crippen molar-refractivity contribution in [3.05, 3.63) is 34.7 Å². The molecule has 8 heteroatoms. The van der Waals surface area contributed by atoms with Crippen LogP contribution in [0, 0.1) is 0 Å². The van der Waals surface area contributed by atoms with Crippen molar-refractivity contribution < 1.29 is 14.3 Å². The first-order valence-corrected chi connectivity index (χ1v) is 11.4. The molecule has 0 aliphatic carbocycles. The van der Waals surface area contributed by atoms with Gasteiger partial charge < -0.3 is 20.7 Å². The van der Waals surface area contributed by atoms with Crippen LogP contribution in [0.2, 0.25) is 0 Å². The molecule has 5 rings (SSSR count). The number of fused-ring (bicyclic) bond motifs is 2. The van der Waals surface area contributed by atoms with Gasteiger partial charge in [0.1, 0.15) is 5.82 Å². The number of hydrogen-bond acceptors (Lipinski definition) is 6. The molecular weight excluding hydrogens is 400 g/mol. The number of carbonyl (C=O) groups excluding carboxylic acids is 2. The Balaban J connectivity index is 1.30. The van der Waals surface area contributed by atoms with Gasteiger partial charge in [-0.2, -0.15) is 0 Å². The number of aromatic nitrogens is 1. The number of nitrogens with zero attached hydrogens (tertiary/aromatic N) is 2. The molecular formula is C22H26N4O3S. The zero-order chi connectivity index (χ0) is 20.7. The molecule has 0 aromatic carbocycles. The standard InChI is InChI=1S/C22H26N4O3S/c23-19-3-1-2-16(25-19)18-13-15-17(30-18)6-11-29-22(15)7-9-26(10-8-22)21(28)12-14-4-5-20(27)24-14/h1-3,13-14H,4-12H2,(H2,23,25)(H,24,27)/t14-/m0/s1. The van der Waals surface area contributed by atoms with Crippen molar-refractivity contribution in [3.8, 4) is 10.6 Å². The van der Waals surface area contributed by atoms with Crippen molar-refractivity contribution in [1.82, 2.24) is 15.2 Å². The molecule has 2 aromatic heterocycles. The minimum atomic E-state index is -0.318. The highest BCUT2D eigenvalue weighted by molar-refractivity contribution is 7.15. The minimum absolute atomic E-state index is 0.0105. The number of nitrogens with two attached hydrogens (primary N) is 1. The van der Waals surface area contributed by atoms with E-state index in [0.717, 1.165) is 36.3 Å². The van der Waals surface area contributed by atoms with Crippen LogP contribution in [0.1, 0.15) is 42.5 Å². The Kier molecular flexibility index (Phi) is 4.99. The fraction of sp³-hybridized carbons (Fsp3) is 0.500. The Labute approximate surface area is 179 Å². The van der Waals surface area contributed by atoms with Crippen molar-refractivity contribution in [3.63, 3.8) is 0 Å². The van der Waals surface area contributed by atoms with Crippen molar-refractivity contribution in [2.24, 2.45) is 0 Å². The van der Waals surface area contributed by atoms with E-state index in [1.807, 2.05) is 17.0 Å². The summed E-state index contributed by atoms with van der Waals surface area (Å²) >= 11 is 1.77. The number of thiophene rings is 1. The lowest BCUT2D eigenvalue weighted by Gasteiger charge is -2.44. The number of hydrogen-bond donors (Lipinski definition) is 2. The van der Waals surface area contributed by atoms with Gasteiger partial charge in [0.2, 0.25) is 11.8 Å². The van der Waals surface area contributed by atoms with E-state index in [4.69, 9.17) is 10.5 Å². The van der Waals surface area contributed by atoms with E-state index in [9.17, 15) is 9.59 Å². The van der Waals surface area contributed by atoms with Crippen LogP contribution in [-0.4, -0.2) is 47.4 Å². The molecule has 3 aliphatic rings. The Morgan fingerprint density at radius 1 is 1.33 bits per heavy atom. The summed E-state index contributed by atoms with van der Waals surface area (Å²) in [6.07, 6.45) is 4.18. The minimum Gasteiger partial charge on any atom is -0.384 e. The average Bonchev–Trinajstić information content (AvgIpc) is 3.36. The summed E-state index contributed by atoms with van der Waals surface area (Å²) in [4.78, 5) is 33.0. The second-order valence-corrected chi connectivity index (χ2v) is 9.51. The quantitative estimate of drug-likeness (QED) is 0.786. The molecule has 0 unspecified atom stereocenters. The summed E-state index contributed by atoms with van der Waals surface area (Å²) in [7, 11) is 0. The predicted molar refractivity (Wildman–Crippen MR) is 115 cm³/mol. The number of carbonyl (C=O) groups is 2. The van der Waals surface area contributed by atoms with Crippen LogP contribution >= 0.6 is 11.3 Å². The van der Waals surface area contributed by atoms with Gasteiger partial charge in [0.15, 0.2) is 0 Å². The second kappa shape index (κ2) is 7.67. The predicted octanol–water partition coefficient (Wildman–Crippen LogP) is 2.45. The third-order valence-electron chi connectivity index (χ3n) is 6.46. The van der Waals surface area contributed by atoms with Crippen LogP contribution in [0.25, 0.3) is 10.6 Å². The van der Waals surface area contributed by atoms with Crippen molar-refractivity contribution >= 4 is 29.0 Å². The van der Waals surface area contributed by atoms with E-state index in [-0.39, 0.29) is 23.5 Å². The number of nitrogens with one attached hydrogen (secondary N) is 1. The van der Waals surface area contributed by atoms with E-state index < -0.39 is 0 Å². The molecule has 5 heterocycles. The van der Waals surface area contributed by atoms with Gasteiger partial charge in [0.25, 0.3) is 0 Å². The smallest absolute Gasteiger partial charge is 0.224 e. The van der Waals surface area contributed by atoms with Gasteiger partial charge in [-0.05, 0) is 43.0 Å². The lowest BCUT2D eigenvalue weighted by Crippen LogP contribution is -2.48. The molecule has 0 bridgehead atoms. The molecule has 0 radical (unpaired) electrons. The number of anilines is 1. The molecule has 3 aliphatic heterocycles. The van der Waals surface area contributed by atoms with Crippen LogP contribution in [0.15, 0.2) is 24.3 Å². The fourth-order valence-corrected chi connectivity index (χ4v) is 6.03. The highest BCUT2D eigenvalue weighted by atomic mass is 32.1. The van der Waals surface area contributed by atoms with Crippen LogP contribution in [-0.2, 0) is 26.3 Å². The normalized spacial score (nSPS) is 22.7. The highest BCUT2D eigenvalue weighted by Gasteiger charge is 2.43. The van der Waals surface area contributed by atoms with E-state index in [1.165, 1.54) is 10.4 Å². The van der Waals surface area contributed by atoms with Crippen molar-refractivity contribution in [2.45, 2.75) is 50.2 Å². The van der Waals surface area contributed by atoms with Gasteiger partial charge >= 0.3 is 0 Å². The number of nitrogen functional groups attached to an aromatic ring is 1. The Hall–Kier alpha value is -2.45. The molecule has 3 N–H and O–H groups in total. The number of amides is 2. The topological polar surface area (TPSA) is 97.5 Å². The summed E-state index contributed by atoms with van der Waals surface area (Å²) in [6, 6.07) is 7.92. The van der Waals surface area contributed by atoms with Gasteiger partial charge in [-0.3, -0.25) is 9.59 Å². The average molecular weight is 427 g/mol. The summed E-state index contributed by atoms with van der Waals surface area (Å²) in [5, 5.41) is 2.89. The van der Waals surface area contributed by atoms with E-state index >= 15 is 0 Å². The first-order valence-electron chi connectivity index (χ1n) is 10.6. The molecule has 2 aromatic rings. The second-order valence-electron chi connectivity index (χ2n) is 8.38. The van der Waals surface area contributed by atoms with Crippen molar-refractivity contribution in [2.75, 3.05) is 25.4 Å². The Morgan fingerprint density at radius 3 is 2.90 bits per heavy atom. The highest BCUT2D eigenvalue weighted by Crippen LogP contribution is 2.46. The first kappa shape index (κ1) is 19.5. The number of likely N-dealkylation sites (tertiary alicyclic amines) is 1. The third-order valence-corrected chi connectivity index (χ3v) is 7.68. The molecule has 7 nitrogen and oxygen atoms in total. The van der Waals surface area contributed by atoms with Gasteiger partial charge in [0.05, 0.1) is 22.8 Å². The zero-order valence-electron chi connectivity index (χ0n) is 16.9. The van der Waals surface area contributed by atoms with Crippen LogP contribution in [0.5, 0.6) is 0 Å². The zero-order valence-corrected chi connectivity index (χ0v) is 17.7. The number of rotatable bonds is 3. The van der Waals surface area contributed by atoms with E-state index in [1.54, 1.807) is 17.4 Å². The summed E-state index contributed by atoms with van der Waals surface area (Å²) < 4.78 is 6.35. The number of ether oxygens (including phenoxy) is 1. The molecule has 2 fully saturated rings. The lowest BCUT2D eigenvalue weighted by molar-refractivity contribution is -0.141. The summed E-state index contributed by atoms with van der Waals surface area (Å²) in [5.41, 5.74) is 7.71. The molecule has 30 heavy (non-hydrogen) atoms. The van der Waals surface area contributed by atoms with Gasteiger partial charge in [-0.25, -0.2) is 4.98 Å². The maximum absolute atomic E-state index is 12.7. The molecule has 1 atom stereocenters. The maximum Gasteiger partial charge on any atom is 0.224 e. The van der Waals surface area contributed by atoms with E-state index in [2.05, 4.69) is 16.4 Å². The maximum atomic E-state index is 12.7. The largest absolute Gasteiger partial charge is 0.384 e. The van der Waals surface area contributed by atoms with E-state index in [0.29, 0.717) is 38.4 Å². The fourth-order valence-electron chi connectivity index (χ4n) is 4.83. The summed E-state index contributed by atoms with van der Waals surface area (Å²) in [6.45, 7) is 2.07. The Morgan fingerprint density at radius 2 is 2.17 bits per heavy atom. The molecule has 0 saturated carbocycles. The van der Waals surface area contributed by atoms with Crippen LogP contribution in [0.3, 0.4) is 0 Å². The van der Waals surface area contributed by atoms with Crippen LogP contribution < -0.4 is 11.1 Å². The molecule has 2 saturated heterocycles. The molecule has 158 valence electrons. The van der Waals surface area contributed by atoms with Gasteiger partial charge in [0, 0.05) is 43.3 Å². The third kappa shape index (κ3) is 3.58. The van der Waals surface area contributed by atoms with Crippen LogP contribution in [0.4, 0.5) is 5.82 Å². The summed E-state index contributed by atoms with van der Waals surface area (Å²) in [5.74, 6) is 0.703. The number of piperidine rings is 1. The van der Waals surface area contributed by atoms with Gasteiger partial charge in [-0.1, -0.05) is 6.07 Å². The Bertz CT molecular complexity index is 981. The number of pyridine rings is 1. The molecule has 2 amide bonds. The van der Waals surface area contributed by atoms with Gasteiger partial charge in [-0.15, -0.1) is 11.3 Å². The monoisotopic (exact) mass is 426 g/mol. The molecule has 1 spiro atoms. The van der Waals surface area contributed by atoms with Crippen molar-refractivity contribution in [1.29, 1.82) is 0 Å².